The molecule has 1 aliphatic carbocycles. The number of carbonyl (C=O) groups is 1. The topological polar surface area (TPSA) is 94.0 Å². The van der Waals surface area contributed by atoms with Crippen LogP contribution in [-0.4, -0.2) is 40.6 Å². The lowest BCUT2D eigenvalue weighted by molar-refractivity contribution is 0.102. The summed E-state index contributed by atoms with van der Waals surface area (Å²) in [6.07, 6.45) is 6.13. The lowest BCUT2D eigenvalue weighted by Gasteiger charge is -2.11. The van der Waals surface area contributed by atoms with Crippen molar-refractivity contribution in [3.05, 3.63) is 27.5 Å². The Bertz CT molecular complexity index is 967. The number of aromatic nitrogens is 3. The summed E-state index contributed by atoms with van der Waals surface area (Å²) in [5.74, 6) is 0.0539. The van der Waals surface area contributed by atoms with E-state index in [4.69, 9.17) is 0 Å². The van der Waals surface area contributed by atoms with Gasteiger partial charge in [0, 0.05) is 10.6 Å². The van der Waals surface area contributed by atoms with E-state index >= 15 is 0 Å². The van der Waals surface area contributed by atoms with Crippen LogP contribution >= 0.6 is 11.3 Å². The normalized spacial score (nSPS) is 21.6. The second-order valence-electron chi connectivity index (χ2n) is 7.45. The molecule has 146 valence electrons. The molecule has 2 aromatic rings. The molecule has 1 N–H and O–H groups in total. The number of amides is 1. The number of fused-ring (bicyclic) bond motifs is 1. The second kappa shape index (κ2) is 7.01. The van der Waals surface area contributed by atoms with Crippen molar-refractivity contribution >= 4 is 32.2 Å². The molecular weight excluding hydrogens is 384 g/mol. The van der Waals surface area contributed by atoms with Gasteiger partial charge < -0.3 is 0 Å². The predicted molar refractivity (Wildman–Crippen MR) is 105 cm³/mol. The smallest absolute Gasteiger partial charge is 0.261 e. The van der Waals surface area contributed by atoms with Crippen LogP contribution in [0.25, 0.3) is 0 Å². The highest BCUT2D eigenvalue weighted by molar-refractivity contribution is 7.91. The molecule has 4 rings (SSSR count). The Labute approximate surface area is 163 Å². The van der Waals surface area contributed by atoms with E-state index in [1.54, 1.807) is 22.9 Å². The van der Waals surface area contributed by atoms with Crippen LogP contribution in [0, 0.1) is 13.8 Å². The third-order valence-electron chi connectivity index (χ3n) is 5.42. The summed E-state index contributed by atoms with van der Waals surface area (Å²) in [7, 11) is -3.01. The van der Waals surface area contributed by atoms with Crippen LogP contribution in [0.4, 0.5) is 5.13 Å². The Morgan fingerprint density at radius 1 is 1.22 bits per heavy atom. The Morgan fingerprint density at radius 3 is 2.74 bits per heavy atom. The summed E-state index contributed by atoms with van der Waals surface area (Å²) < 4.78 is 25.3. The van der Waals surface area contributed by atoms with Gasteiger partial charge in [-0.15, -0.1) is 11.3 Å². The summed E-state index contributed by atoms with van der Waals surface area (Å²) in [6, 6.07) is -0.189. The maximum absolute atomic E-state index is 12.9. The van der Waals surface area contributed by atoms with Crippen molar-refractivity contribution in [3.8, 4) is 0 Å². The largest absolute Gasteiger partial charge is 0.298 e. The van der Waals surface area contributed by atoms with Crippen LogP contribution in [0.5, 0.6) is 0 Å². The molecule has 0 radical (unpaired) electrons. The molecule has 0 aromatic carbocycles. The number of hydrogen-bond acceptors (Lipinski definition) is 6. The third-order valence-corrected chi connectivity index (χ3v) is 8.25. The van der Waals surface area contributed by atoms with Crippen LogP contribution in [-0.2, 0) is 22.7 Å². The summed E-state index contributed by atoms with van der Waals surface area (Å²) in [6.45, 7) is 3.62. The molecule has 2 aliphatic rings. The first-order valence-corrected chi connectivity index (χ1v) is 12.0. The van der Waals surface area contributed by atoms with Crippen molar-refractivity contribution in [3.63, 3.8) is 0 Å². The van der Waals surface area contributed by atoms with Gasteiger partial charge in [-0.1, -0.05) is 6.42 Å². The summed E-state index contributed by atoms with van der Waals surface area (Å²) in [5.41, 5.74) is 2.97. The molecule has 0 bridgehead atoms. The highest BCUT2D eigenvalue weighted by Crippen LogP contribution is 2.30. The van der Waals surface area contributed by atoms with Crippen molar-refractivity contribution < 1.29 is 13.2 Å². The van der Waals surface area contributed by atoms with E-state index in [1.807, 2.05) is 6.92 Å². The van der Waals surface area contributed by atoms with Crippen molar-refractivity contribution in [1.29, 1.82) is 0 Å². The number of sulfone groups is 1. The molecule has 3 heterocycles. The maximum atomic E-state index is 12.9. The van der Waals surface area contributed by atoms with Crippen LogP contribution in [0.2, 0.25) is 0 Å². The molecule has 7 nitrogen and oxygen atoms in total. The average molecular weight is 409 g/mol. The summed E-state index contributed by atoms with van der Waals surface area (Å²) in [4.78, 5) is 18.8. The number of hydrogen-bond donors (Lipinski definition) is 1. The van der Waals surface area contributed by atoms with E-state index in [0.717, 1.165) is 25.0 Å². The van der Waals surface area contributed by atoms with Gasteiger partial charge in [0.25, 0.3) is 5.91 Å². The Hall–Kier alpha value is -1.74. The van der Waals surface area contributed by atoms with Gasteiger partial charge in [-0.05, 0) is 46.0 Å². The standard InChI is InChI=1S/C18H24N4O3S2/c1-11-16(12(2)22(21-11)13-8-9-27(24,25)10-13)17(23)20-18-19-14-6-4-3-5-7-15(14)26-18/h13H,3-10H2,1-2H3,(H,19,20,23)/t13-/m1/s1. The number of carbonyl (C=O) groups excluding carboxylic acids is 1. The lowest BCUT2D eigenvalue weighted by Crippen LogP contribution is -2.16. The third kappa shape index (κ3) is 3.67. The fourth-order valence-corrected chi connectivity index (χ4v) is 6.79. The van der Waals surface area contributed by atoms with E-state index in [2.05, 4.69) is 15.4 Å². The summed E-state index contributed by atoms with van der Waals surface area (Å²) >= 11 is 1.57. The predicted octanol–water partition coefficient (Wildman–Crippen LogP) is 2.84. The molecule has 1 saturated heterocycles. The molecular formula is C18H24N4O3S2. The number of anilines is 1. The molecule has 1 atom stereocenters. The van der Waals surface area contributed by atoms with Crippen molar-refractivity contribution in [2.24, 2.45) is 0 Å². The fourth-order valence-electron chi connectivity index (χ4n) is 4.06. The first-order chi connectivity index (χ1) is 12.8. The average Bonchev–Trinajstić information content (AvgIpc) is 3.18. The molecule has 1 amide bonds. The Kier molecular flexibility index (Phi) is 4.84. The van der Waals surface area contributed by atoms with Gasteiger partial charge in [-0.3, -0.25) is 14.8 Å². The highest BCUT2D eigenvalue weighted by Gasteiger charge is 2.32. The van der Waals surface area contributed by atoms with E-state index < -0.39 is 9.84 Å². The number of rotatable bonds is 3. The molecule has 1 aliphatic heterocycles. The van der Waals surface area contributed by atoms with Gasteiger partial charge in [0.1, 0.15) is 0 Å². The van der Waals surface area contributed by atoms with E-state index in [1.165, 1.54) is 17.7 Å². The Morgan fingerprint density at radius 2 is 2.00 bits per heavy atom. The van der Waals surface area contributed by atoms with Gasteiger partial charge in [0.15, 0.2) is 15.0 Å². The zero-order valence-electron chi connectivity index (χ0n) is 15.6. The molecule has 0 spiro atoms. The number of aryl methyl sites for hydroxylation is 3. The second-order valence-corrected chi connectivity index (χ2v) is 10.8. The summed E-state index contributed by atoms with van der Waals surface area (Å²) in [5, 5.41) is 8.05. The van der Waals surface area contributed by atoms with Crippen LogP contribution in [0.15, 0.2) is 0 Å². The molecule has 9 heteroatoms. The fraction of sp³-hybridized carbons (Fsp3) is 0.611. The minimum atomic E-state index is -3.01. The molecule has 1 fully saturated rings. The SMILES string of the molecule is Cc1nn([C@@H]2CCS(=O)(=O)C2)c(C)c1C(=O)Nc1nc2c(s1)CCCCC2. The molecule has 27 heavy (non-hydrogen) atoms. The van der Waals surface area contributed by atoms with Crippen LogP contribution < -0.4 is 5.32 Å². The van der Waals surface area contributed by atoms with Gasteiger partial charge >= 0.3 is 0 Å². The first kappa shape index (κ1) is 18.6. The quantitative estimate of drug-likeness (QED) is 0.788. The van der Waals surface area contributed by atoms with E-state index in [9.17, 15) is 13.2 Å². The number of thiazole rings is 1. The monoisotopic (exact) mass is 408 g/mol. The van der Waals surface area contributed by atoms with Gasteiger partial charge in [-0.2, -0.15) is 5.10 Å². The van der Waals surface area contributed by atoms with Crippen molar-refractivity contribution in [1.82, 2.24) is 14.8 Å². The van der Waals surface area contributed by atoms with Crippen LogP contribution in [0.3, 0.4) is 0 Å². The Balaban J connectivity index is 1.56. The zero-order valence-corrected chi connectivity index (χ0v) is 17.3. The van der Waals surface area contributed by atoms with E-state index in [-0.39, 0.29) is 23.5 Å². The van der Waals surface area contributed by atoms with Crippen molar-refractivity contribution in [2.45, 2.75) is 58.4 Å². The number of nitrogens with zero attached hydrogens (tertiary/aromatic N) is 3. The highest BCUT2D eigenvalue weighted by atomic mass is 32.2. The molecule has 2 aromatic heterocycles. The molecule has 0 unspecified atom stereocenters. The van der Waals surface area contributed by atoms with Gasteiger partial charge in [0.05, 0.1) is 34.5 Å². The minimum Gasteiger partial charge on any atom is -0.298 e. The maximum Gasteiger partial charge on any atom is 0.261 e. The van der Waals surface area contributed by atoms with Gasteiger partial charge in [-0.25, -0.2) is 13.4 Å². The molecule has 0 saturated carbocycles. The van der Waals surface area contributed by atoms with Gasteiger partial charge in [0.2, 0.25) is 0 Å². The zero-order chi connectivity index (χ0) is 19.2. The lowest BCUT2D eigenvalue weighted by atomic mass is 10.1. The minimum absolute atomic E-state index is 0.0925. The number of nitrogens with one attached hydrogen (secondary N) is 1. The van der Waals surface area contributed by atoms with E-state index in [0.29, 0.717) is 28.5 Å². The first-order valence-electron chi connectivity index (χ1n) is 9.40. The van der Waals surface area contributed by atoms with Crippen molar-refractivity contribution in [2.75, 3.05) is 16.8 Å². The van der Waals surface area contributed by atoms with Crippen LogP contribution in [0.1, 0.15) is 64.0 Å².